The summed E-state index contributed by atoms with van der Waals surface area (Å²) in [6, 6.07) is 14.1. The minimum absolute atomic E-state index is 0.360. The number of para-hydroxylation sites is 1. The van der Waals surface area contributed by atoms with Crippen molar-refractivity contribution in [2.45, 2.75) is 18.9 Å². The zero-order valence-corrected chi connectivity index (χ0v) is 14.0. The first-order valence-electron chi connectivity index (χ1n) is 7.65. The average molecular weight is 344 g/mol. The molecular weight excluding hydrogens is 326 g/mol. The summed E-state index contributed by atoms with van der Waals surface area (Å²) in [5.74, 6) is -0.648. The van der Waals surface area contributed by atoms with Crippen LogP contribution < -0.4 is 16.0 Å². The Morgan fingerprint density at radius 3 is 2.67 bits per heavy atom. The number of amides is 3. The minimum Gasteiger partial charge on any atom is -0.367 e. The molecule has 0 unspecified atom stereocenters. The Labute approximate surface area is 145 Å². The van der Waals surface area contributed by atoms with Crippen LogP contribution in [0.1, 0.15) is 18.1 Å². The van der Waals surface area contributed by atoms with E-state index >= 15 is 0 Å². The summed E-state index contributed by atoms with van der Waals surface area (Å²) < 4.78 is 0. The highest BCUT2D eigenvalue weighted by Crippen LogP contribution is 2.29. The van der Waals surface area contributed by atoms with Crippen molar-refractivity contribution in [1.29, 1.82) is 0 Å². The molecule has 0 saturated heterocycles. The molecule has 0 aromatic heterocycles. The van der Waals surface area contributed by atoms with Crippen molar-refractivity contribution in [2.24, 2.45) is 5.73 Å². The van der Waals surface area contributed by atoms with Gasteiger partial charge in [-0.2, -0.15) is 0 Å². The number of nitrogens with one attached hydrogen (secondary N) is 1. The zero-order chi connectivity index (χ0) is 17.3. The SMILES string of the molecule is C[C@](NC(=O)N1CCc2ccccc21)(C(N)=O)c1cccc(Cl)c1. The molecule has 6 heteroatoms. The number of urea groups is 1. The van der Waals surface area contributed by atoms with Crippen LogP contribution in [0.2, 0.25) is 5.02 Å². The van der Waals surface area contributed by atoms with E-state index in [1.165, 1.54) is 0 Å². The third-order valence-electron chi connectivity index (χ3n) is 4.38. The van der Waals surface area contributed by atoms with Crippen molar-refractivity contribution in [3.05, 3.63) is 64.7 Å². The molecule has 3 amide bonds. The normalized spacial score (nSPS) is 15.5. The Balaban J connectivity index is 1.90. The van der Waals surface area contributed by atoms with Crippen LogP contribution in [0.4, 0.5) is 10.5 Å². The number of hydrogen-bond donors (Lipinski definition) is 2. The van der Waals surface area contributed by atoms with Crippen LogP contribution in [0.15, 0.2) is 48.5 Å². The minimum atomic E-state index is -1.35. The molecule has 1 aliphatic rings. The molecule has 1 aliphatic heterocycles. The number of halogens is 1. The molecule has 0 radical (unpaired) electrons. The van der Waals surface area contributed by atoms with E-state index in [1.54, 1.807) is 36.1 Å². The smallest absolute Gasteiger partial charge is 0.323 e. The van der Waals surface area contributed by atoms with Gasteiger partial charge in [0.25, 0.3) is 0 Å². The highest BCUT2D eigenvalue weighted by atomic mass is 35.5. The fraction of sp³-hybridized carbons (Fsp3) is 0.222. The first kappa shape index (κ1) is 16.3. The molecule has 124 valence electrons. The van der Waals surface area contributed by atoms with E-state index in [4.69, 9.17) is 17.3 Å². The summed E-state index contributed by atoms with van der Waals surface area (Å²) in [6.07, 6.45) is 0.786. The number of benzene rings is 2. The Morgan fingerprint density at radius 2 is 1.96 bits per heavy atom. The van der Waals surface area contributed by atoms with Crippen LogP contribution in [-0.2, 0) is 16.8 Å². The lowest BCUT2D eigenvalue weighted by Crippen LogP contribution is -2.56. The highest BCUT2D eigenvalue weighted by Gasteiger charge is 2.37. The Kier molecular flexibility index (Phi) is 4.20. The van der Waals surface area contributed by atoms with E-state index in [2.05, 4.69) is 5.32 Å². The van der Waals surface area contributed by atoms with Gasteiger partial charge in [-0.1, -0.05) is 41.9 Å². The van der Waals surface area contributed by atoms with Gasteiger partial charge in [-0.3, -0.25) is 9.69 Å². The quantitative estimate of drug-likeness (QED) is 0.899. The topological polar surface area (TPSA) is 75.4 Å². The van der Waals surface area contributed by atoms with E-state index in [1.807, 2.05) is 24.3 Å². The van der Waals surface area contributed by atoms with Crippen LogP contribution in [0.5, 0.6) is 0 Å². The summed E-state index contributed by atoms with van der Waals surface area (Å²) in [7, 11) is 0. The van der Waals surface area contributed by atoms with Crippen molar-refractivity contribution in [3.8, 4) is 0 Å². The van der Waals surface area contributed by atoms with E-state index in [-0.39, 0.29) is 6.03 Å². The van der Waals surface area contributed by atoms with Crippen molar-refractivity contribution in [3.63, 3.8) is 0 Å². The monoisotopic (exact) mass is 343 g/mol. The molecule has 3 N–H and O–H groups in total. The lowest BCUT2D eigenvalue weighted by Gasteiger charge is -2.30. The number of carbonyl (C=O) groups is 2. The number of primary amides is 1. The molecule has 0 bridgehead atoms. The van der Waals surface area contributed by atoms with Gasteiger partial charge in [0.1, 0.15) is 5.54 Å². The summed E-state index contributed by atoms with van der Waals surface area (Å²) in [4.78, 5) is 26.5. The number of rotatable bonds is 3. The molecule has 1 heterocycles. The van der Waals surface area contributed by atoms with Crippen LogP contribution in [0.3, 0.4) is 0 Å². The molecule has 2 aromatic carbocycles. The molecule has 2 aromatic rings. The molecule has 1 atom stereocenters. The largest absolute Gasteiger partial charge is 0.367 e. The maximum absolute atomic E-state index is 12.8. The first-order chi connectivity index (χ1) is 11.4. The highest BCUT2D eigenvalue weighted by molar-refractivity contribution is 6.30. The number of nitrogens with zero attached hydrogens (tertiary/aromatic N) is 1. The Hall–Kier alpha value is -2.53. The maximum atomic E-state index is 12.8. The van der Waals surface area contributed by atoms with Gasteiger partial charge in [0, 0.05) is 17.3 Å². The van der Waals surface area contributed by atoms with Crippen molar-refractivity contribution >= 4 is 29.2 Å². The molecule has 0 saturated carbocycles. The predicted molar refractivity (Wildman–Crippen MR) is 94.0 cm³/mol. The number of nitrogens with two attached hydrogens (primary N) is 1. The summed E-state index contributed by atoms with van der Waals surface area (Å²) in [5, 5.41) is 3.25. The fourth-order valence-electron chi connectivity index (χ4n) is 2.91. The lowest BCUT2D eigenvalue weighted by atomic mass is 9.91. The van der Waals surface area contributed by atoms with E-state index in [0.29, 0.717) is 17.1 Å². The average Bonchev–Trinajstić information content (AvgIpc) is 2.98. The standard InChI is InChI=1S/C18H18ClN3O2/c1-18(16(20)23,13-6-4-7-14(19)11-13)21-17(24)22-10-9-12-5-2-3-8-15(12)22/h2-8,11H,9-10H2,1H3,(H2,20,23)(H,21,24)/t18-/m1/s1. The van der Waals surface area contributed by atoms with Gasteiger partial charge in [-0.25, -0.2) is 4.79 Å². The summed E-state index contributed by atoms with van der Waals surface area (Å²) >= 11 is 6.01. The van der Waals surface area contributed by atoms with Crippen molar-refractivity contribution in [2.75, 3.05) is 11.4 Å². The predicted octanol–water partition coefficient (Wildman–Crippen LogP) is 2.81. The third kappa shape index (κ3) is 2.83. The van der Waals surface area contributed by atoms with E-state index < -0.39 is 11.4 Å². The second-order valence-corrected chi connectivity index (χ2v) is 6.40. The van der Waals surface area contributed by atoms with Gasteiger partial charge in [-0.15, -0.1) is 0 Å². The second kappa shape index (κ2) is 6.17. The zero-order valence-electron chi connectivity index (χ0n) is 13.3. The molecule has 0 fully saturated rings. The van der Waals surface area contributed by atoms with Gasteiger partial charge < -0.3 is 11.1 Å². The second-order valence-electron chi connectivity index (χ2n) is 5.96. The lowest BCUT2D eigenvalue weighted by molar-refractivity contribution is -0.123. The van der Waals surface area contributed by atoms with Gasteiger partial charge >= 0.3 is 6.03 Å². The molecular formula is C18H18ClN3O2. The maximum Gasteiger partial charge on any atom is 0.323 e. The summed E-state index contributed by atoms with van der Waals surface area (Å²) in [5.41, 5.74) is 6.74. The number of anilines is 1. The van der Waals surface area contributed by atoms with Crippen LogP contribution >= 0.6 is 11.6 Å². The number of hydrogen-bond acceptors (Lipinski definition) is 2. The molecule has 0 spiro atoms. The van der Waals surface area contributed by atoms with Gasteiger partial charge in [0.05, 0.1) is 0 Å². The molecule has 5 nitrogen and oxygen atoms in total. The van der Waals surface area contributed by atoms with E-state index in [9.17, 15) is 9.59 Å². The number of carbonyl (C=O) groups excluding carboxylic acids is 2. The fourth-order valence-corrected chi connectivity index (χ4v) is 3.10. The first-order valence-corrected chi connectivity index (χ1v) is 8.03. The Morgan fingerprint density at radius 1 is 1.21 bits per heavy atom. The van der Waals surface area contributed by atoms with Crippen LogP contribution in [0.25, 0.3) is 0 Å². The van der Waals surface area contributed by atoms with Crippen molar-refractivity contribution in [1.82, 2.24) is 5.32 Å². The molecule has 0 aliphatic carbocycles. The Bertz CT molecular complexity index is 808. The van der Waals surface area contributed by atoms with E-state index in [0.717, 1.165) is 17.7 Å². The van der Waals surface area contributed by atoms with Crippen LogP contribution in [0, 0.1) is 0 Å². The van der Waals surface area contributed by atoms with Gasteiger partial charge in [-0.05, 0) is 42.7 Å². The van der Waals surface area contributed by atoms with Gasteiger partial charge in [0.2, 0.25) is 5.91 Å². The van der Waals surface area contributed by atoms with Crippen LogP contribution in [-0.4, -0.2) is 18.5 Å². The van der Waals surface area contributed by atoms with Crippen molar-refractivity contribution < 1.29 is 9.59 Å². The third-order valence-corrected chi connectivity index (χ3v) is 4.62. The molecule has 3 rings (SSSR count). The number of fused-ring (bicyclic) bond motifs is 1. The van der Waals surface area contributed by atoms with Gasteiger partial charge in [0.15, 0.2) is 0 Å². The molecule has 24 heavy (non-hydrogen) atoms. The summed E-state index contributed by atoms with van der Waals surface area (Å²) in [6.45, 7) is 2.15.